The Morgan fingerprint density at radius 1 is 0.750 bits per heavy atom. The monoisotopic (exact) mass is 75.0 g/mol. The maximum absolute atomic E-state index is 0. The molecular weight excluding hydrogens is 75.3 g/mol. The molecule has 0 aliphatic heterocycles. The quantitative estimate of drug-likeness (QED) is 0.337. The second kappa shape index (κ2) is 27.7. The van der Waals surface area contributed by atoms with Gasteiger partial charge in [-0.25, -0.2) is 0 Å². The second-order valence-electron chi connectivity index (χ2n) is 0. The lowest BCUT2D eigenvalue weighted by atomic mass is 12.0. The fraction of sp³-hybridized carbons (Fsp3) is 0. The Hall–Kier alpha value is 1.30. The zero-order chi connectivity index (χ0) is 0. The molecular formula is C2AlMg. The zero-order valence-corrected chi connectivity index (χ0v) is 4.85. The molecule has 0 saturated heterocycles. The van der Waals surface area contributed by atoms with Gasteiger partial charge in [0, 0.05) is 55.3 Å². The van der Waals surface area contributed by atoms with Gasteiger partial charge in [-0.05, 0) is 0 Å². The fourth-order valence-corrected chi connectivity index (χ4v) is 0. The third-order valence-corrected chi connectivity index (χ3v) is 0. The van der Waals surface area contributed by atoms with Gasteiger partial charge in [0.1, 0.15) is 0 Å². The van der Waals surface area contributed by atoms with E-state index in [1.54, 1.807) is 0 Å². The maximum Gasteiger partial charge on any atom is 0 e. The summed E-state index contributed by atoms with van der Waals surface area (Å²) in [7, 11) is 0. The fourth-order valence-electron chi connectivity index (χ4n) is 0. The predicted octanol–water partition coefficient (Wildman–Crippen LogP) is -0.599. The average molecular weight is 75.3 g/mol. The van der Waals surface area contributed by atoms with Crippen LogP contribution < -0.4 is 0 Å². The Labute approximate surface area is 55.3 Å². The Morgan fingerprint density at radius 3 is 0.750 bits per heavy atom. The summed E-state index contributed by atoms with van der Waals surface area (Å²) < 4.78 is 0. The Bertz CT molecular complexity index is 6.00. The van der Waals surface area contributed by atoms with E-state index in [2.05, 4.69) is 0 Å². The Balaban J connectivity index is 0. The van der Waals surface area contributed by atoms with Crippen LogP contribution >= 0.6 is 0 Å². The minimum absolute atomic E-state index is 0. The molecule has 0 spiro atoms. The minimum Gasteiger partial charge on any atom is 0 e. The second-order valence-corrected chi connectivity index (χ2v) is 0. The van der Waals surface area contributed by atoms with Gasteiger partial charge in [-0.15, -0.1) is 0 Å². The summed E-state index contributed by atoms with van der Waals surface area (Å²) in [6.07, 6.45) is 0. The van der Waals surface area contributed by atoms with E-state index in [9.17, 15) is 0 Å². The SMILES string of the molecule is [Al].[C].[C].[Mg]. The Morgan fingerprint density at radius 2 is 0.750 bits per heavy atom. The van der Waals surface area contributed by atoms with Crippen LogP contribution in [-0.4, -0.2) is 40.4 Å². The summed E-state index contributed by atoms with van der Waals surface area (Å²) in [5, 5.41) is 0. The molecule has 0 bridgehead atoms. The van der Waals surface area contributed by atoms with Crippen molar-refractivity contribution in [1.29, 1.82) is 0 Å². The van der Waals surface area contributed by atoms with Gasteiger partial charge in [0.25, 0.3) is 0 Å². The van der Waals surface area contributed by atoms with Gasteiger partial charge in [-0.2, -0.15) is 0 Å². The molecule has 0 rings (SSSR count). The van der Waals surface area contributed by atoms with Gasteiger partial charge in [0.15, 0.2) is 0 Å². The highest BCUT2D eigenvalue weighted by Gasteiger charge is 0.00300. The maximum atomic E-state index is 0. The minimum atomic E-state index is 0. The van der Waals surface area contributed by atoms with Crippen LogP contribution in [0.4, 0.5) is 0 Å². The lowest BCUT2D eigenvalue weighted by Gasteiger charge is -0.00100. The molecule has 0 aliphatic carbocycles. The first-order chi connectivity index (χ1) is 0. The molecule has 13 radical (unpaired) electrons. The van der Waals surface area contributed by atoms with Crippen molar-refractivity contribution in [2.45, 2.75) is 0 Å². The zero-order valence-electron chi connectivity index (χ0n) is 2.28. The number of hydrogen-bond acceptors (Lipinski definition) is 0. The molecule has 0 fully saturated rings. The van der Waals surface area contributed by atoms with Crippen molar-refractivity contribution in [1.82, 2.24) is 0 Å². The van der Waals surface area contributed by atoms with Crippen LogP contribution in [0.2, 0.25) is 0 Å². The highest BCUT2D eigenvalue weighted by Crippen LogP contribution is 0.0823. The van der Waals surface area contributed by atoms with Gasteiger partial charge in [0.05, 0.1) is 0 Å². The van der Waals surface area contributed by atoms with E-state index in [1.807, 2.05) is 0 Å². The summed E-state index contributed by atoms with van der Waals surface area (Å²) >= 11 is 0. The summed E-state index contributed by atoms with van der Waals surface area (Å²) in [5.41, 5.74) is 0. The van der Waals surface area contributed by atoms with E-state index < -0.39 is 0 Å². The third kappa shape index (κ3) is 10.3. The normalized spacial score (nSPS) is 0. The molecule has 0 aromatic rings. The van der Waals surface area contributed by atoms with Gasteiger partial charge in [-0.3, -0.25) is 0 Å². The standard InChI is InChI=1S/2C.Al.Mg. The van der Waals surface area contributed by atoms with Crippen LogP contribution in [-0.2, 0) is 0 Å². The molecule has 0 heterocycles. The van der Waals surface area contributed by atoms with Crippen molar-refractivity contribution in [3.63, 3.8) is 0 Å². The van der Waals surface area contributed by atoms with E-state index >= 15 is 0 Å². The van der Waals surface area contributed by atoms with Crippen LogP contribution in [0.25, 0.3) is 0 Å². The van der Waals surface area contributed by atoms with Crippen LogP contribution in [0, 0.1) is 14.9 Å². The predicted molar refractivity (Wildman–Crippen MR) is 18.0 cm³/mol. The number of hydrogen-bond donors (Lipinski definition) is 0. The summed E-state index contributed by atoms with van der Waals surface area (Å²) in [6.45, 7) is 0. The van der Waals surface area contributed by atoms with Gasteiger partial charge >= 0.3 is 0 Å². The lowest BCUT2D eigenvalue weighted by molar-refractivity contribution is 3.24. The highest BCUT2D eigenvalue weighted by atomic mass is 27.0. The van der Waals surface area contributed by atoms with Crippen LogP contribution in [0.3, 0.4) is 0 Å². The molecule has 2 heteroatoms. The molecule has 0 nitrogen and oxygen atoms in total. The first-order valence-electron chi connectivity index (χ1n) is 0. The van der Waals surface area contributed by atoms with Crippen LogP contribution in [0.1, 0.15) is 0 Å². The van der Waals surface area contributed by atoms with Crippen molar-refractivity contribution in [2.24, 2.45) is 0 Å². The van der Waals surface area contributed by atoms with Gasteiger partial charge in [-0.1, -0.05) is 0 Å². The number of rotatable bonds is 0. The molecule has 0 N–H and O–H groups in total. The summed E-state index contributed by atoms with van der Waals surface area (Å²) in [6, 6.07) is 0. The van der Waals surface area contributed by atoms with Crippen molar-refractivity contribution in [2.75, 3.05) is 0 Å². The third-order valence-electron chi connectivity index (χ3n) is 0. The highest BCUT2D eigenvalue weighted by molar-refractivity contribution is 5.76. The van der Waals surface area contributed by atoms with Crippen molar-refractivity contribution in [3.05, 3.63) is 14.9 Å². The van der Waals surface area contributed by atoms with Crippen molar-refractivity contribution >= 4 is 40.4 Å². The van der Waals surface area contributed by atoms with Crippen molar-refractivity contribution in [3.8, 4) is 0 Å². The molecule has 0 aromatic heterocycles. The summed E-state index contributed by atoms with van der Waals surface area (Å²) in [5.74, 6) is 0. The van der Waals surface area contributed by atoms with E-state index in [-0.39, 0.29) is 55.3 Å². The Kier molecular flexibility index (Phi) is 403. The largest absolute Gasteiger partial charge is 0 e. The van der Waals surface area contributed by atoms with Gasteiger partial charge < -0.3 is 0 Å². The molecule has 0 saturated carbocycles. The molecule has 0 aromatic carbocycles. The van der Waals surface area contributed by atoms with Gasteiger partial charge in [0.2, 0.25) is 0 Å². The van der Waals surface area contributed by atoms with Crippen molar-refractivity contribution < 1.29 is 0 Å². The molecule has 0 amide bonds. The van der Waals surface area contributed by atoms with Crippen LogP contribution in [0.5, 0.6) is 0 Å². The molecule has 4 heavy (non-hydrogen) atoms. The van der Waals surface area contributed by atoms with Crippen LogP contribution in [0.15, 0.2) is 0 Å². The molecule has 0 unspecified atom stereocenters. The van der Waals surface area contributed by atoms with E-state index in [0.717, 1.165) is 0 Å². The van der Waals surface area contributed by atoms with E-state index in [1.165, 1.54) is 0 Å². The van der Waals surface area contributed by atoms with E-state index in [0.29, 0.717) is 0 Å². The smallest absolute Gasteiger partial charge is 0 e. The average Bonchev–Trinajstić information content (AvgIpc) is 0. The first kappa shape index (κ1) is 58.1. The molecule has 0 atom stereocenters. The molecule has 0 aliphatic rings. The lowest BCUT2D eigenvalue weighted by Crippen LogP contribution is -0.382. The molecule has 13 valence electrons. The first-order valence-corrected chi connectivity index (χ1v) is 0. The summed E-state index contributed by atoms with van der Waals surface area (Å²) in [4.78, 5) is 0. The topological polar surface area (TPSA) is 0 Å². The van der Waals surface area contributed by atoms with E-state index in [4.69, 9.17) is 0 Å².